The number of carbonyl (C=O) groups excluding carboxylic acids is 2. The van der Waals surface area contributed by atoms with Gasteiger partial charge in [-0.2, -0.15) is 0 Å². The highest BCUT2D eigenvalue weighted by Gasteiger charge is 2.34. The Hall–Kier alpha value is -3.27. The van der Waals surface area contributed by atoms with Crippen LogP contribution in [0.3, 0.4) is 0 Å². The van der Waals surface area contributed by atoms with Crippen molar-refractivity contribution in [2.75, 3.05) is 24.2 Å². The average Bonchev–Trinajstić information content (AvgIpc) is 2.95. The van der Waals surface area contributed by atoms with Crippen molar-refractivity contribution in [3.8, 4) is 5.75 Å². The summed E-state index contributed by atoms with van der Waals surface area (Å²) < 4.78 is 32.1. The Bertz CT molecular complexity index is 1450. The summed E-state index contributed by atoms with van der Waals surface area (Å²) >= 11 is 12.5. The number of nitrogens with one attached hydrogen (secondary N) is 1. The van der Waals surface area contributed by atoms with E-state index in [1.165, 1.54) is 17.0 Å². The number of hydrogen-bond donors (Lipinski definition) is 1. The number of rotatable bonds is 13. The van der Waals surface area contributed by atoms with E-state index in [0.717, 1.165) is 16.1 Å². The molecule has 2 unspecified atom stereocenters. The van der Waals surface area contributed by atoms with Crippen LogP contribution in [0.5, 0.6) is 5.75 Å². The molecule has 0 aromatic heterocycles. The minimum absolute atomic E-state index is 0.00193. The van der Waals surface area contributed by atoms with E-state index in [9.17, 15) is 18.0 Å². The van der Waals surface area contributed by atoms with Gasteiger partial charge in [-0.25, -0.2) is 8.42 Å². The monoisotopic (exact) mass is 619 g/mol. The molecule has 0 aliphatic rings. The van der Waals surface area contributed by atoms with Gasteiger partial charge in [-0.15, -0.1) is 0 Å². The second-order valence-corrected chi connectivity index (χ2v) is 12.4. The number of amides is 2. The molecule has 0 radical (unpaired) electrons. The summed E-state index contributed by atoms with van der Waals surface area (Å²) in [6.07, 6.45) is 1.90. The van der Waals surface area contributed by atoms with Crippen molar-refractivity contribution in [1.29, 1.82) is 0 Å². The number of benzene rings is 3. The van der Waals surface area contributed by atoms with Crippen LogP contribution in [0.4, 0.5) is 5.69 Å². The molecule has 3 aromatic carbocycles. The molecule has 8 nitrogen and oxygen atoms in total. The molecule has 0 spiro atoms. The predicted molar refractivity (Wildman–Crippen MR) is 164 cm³/mol. The molecule has 0 bridgehead atoms. The van der Waals surface area contributed by atoms with Gasteiger partial charge in [0.2, 0.25) is 21.8 Å². The molecule has 0 heterocycles. The van der Waals surface area contributed by atoms with Crippen molar-refractivity contribution < 1.29 is 22.7 Å². The number of ether oxygens (including phenoxy) is 1. The maximum absolute atomic E-state index is 14.2. The van der Waals surface area contributed by atoms with Crippen LogP contribution in [0, 0.1) is 0 Å². The molecule has 3 rings (SSSR count). The van der Waals surface area contributed by atoms with Gasteiger partial charge in [0.05, 0.1) is 29.1 Å². The third-order valence-electron chi connectivity index (χ3n) is 6.64. The van der Waals surface area contributed by atoms with E-state index in [0.29, 0.717) is 17.7 Å². The van der Waals surface area contributed by atoms with Gasteiger partial charge in [-0.05, 0) is 48.7 Å². The molecule has 0 aliphatic carbocycles. The number of carbonyl (C=O) groups is 2. The van der Waals surface area contributed by atoms with Gasteiger partial charge >= 0.3 is 0 Å². The first kappa shape index (κ1) is 32.2. The average molecular weight is 621 g/mol. The quantitative estimate of drug-likeness (QED) is 0.279. The van der Waals surface area contributed by atoms with Gasteiger partial charge in [0.25, 0.3) is 0 Å². The third-order valence-corrected chi connectivity index (χ3v) is 8.57. The van der Waals surface area contributed by atoms with Crippen molar-refractivity contribution in [3.63, 3.8) is 0 Å². The van der Waals surface area contributed by atoms with Gasteiger partial charge in [-0.3, -0.25) is 13.9 Å². The minimum atomic E-state index is -3.97. The van der Waals surface area contributed by atoms with E-state index in [-0.39, 0.29) is 40.6 Å². The van der Waals surface area contributed by atoms with E-state index in [2.05, 4.69) is 5.32 Å². The molecule has 2 amide bonds. The lowest BCUT2D eigenvalue weighted by Gasteiger charge is -2.34. The summed E-state index contributed by atoms with van der Waals surface area (Å²) in [6, 6.07) is 20.0. The Morgan fingerprint density at radius 2 is 1.63 bits per heavy atom. The van der Waals surface area contributed by atoms with Crippen LogP contribution in [0.25, 0.3) is 0 Å². The molecule has 220 valence electrons. The summed E-state index contributed by atoms with van der Waals surface area (Å²) in [6.45, 7) is 3.28. The SMILES string of the molecule is CCC(C)NC(=O)C(Cc1ccccc1)N(Cc1cccc(OC)c1)C(=O)CN(c1cccc(Cl)c1Cl)S(C)(=O)=O. The maximum atomic E-state index is 14.2. The smallest absolute Gasteiger partial charge is 0.244 e. The van der Waals surface area contributed by atoms with Crippen LogP contribution in [-0.4, -0.2) is 57.1 Å². The molecule has 41 heavy (non-hydrogen) atoms. The van der Waals surface area contributed by atoms with Crippen LogP contribution in [0.2, 0.25) is 10.0 Å². The first-order chi connectivity index (χ1) is 19.4. The Labute approximate surface area is 252 Å². The van der Waals surface area contributed by atoms with E-state index < -0.39 is 28.5 Å². The fourth-order valence-corrected chi connectivity index (χ4v) is 5.54. The largest absolute Gasteiger partial charge is 0.497 e. The molecular weight excluding hydrogens is 585 g/mol. The second-order valence-electron chi connectivity index (χ2n) is 9.74. The molecule has 3 aromatic rings. The van der Waals surface area contributed by atoms with Gasteiger partial charge in [0.15, 0.2) is 0 Å². The highest BCUT2D eigenvalue weighted by Crippen LogP contribution is 2.34. The molecular formula is C30H35Cl2N3O5S. The fourth-order valence-electron chi connectivity index (χ4n) is 4.24. The lowest BCUT2D eigenvalue weighted by atomic mass is 10.0. The normalized spacial score (nSPS) is 12.7. The topological polar surface area (TPSA) is 96.0 Å². The molecule has 0 saturated heterocycles. The minimum Gasteiger partial charge on any atom is -0.497 e. The predicted octanol–water partition coefficient (Wildman–Crippen LogP) is 5.32. The number of sulfonamides is 1. The lowest BCUT2D eigenvalue weighted by molar-refractivity contribution is -0.140. The zero-order valence-corrected chi connectivity index (χ0v) is 25.8. The van der Waals surface area contributed by atoms with Crippen LogP contribution in [0.1, 0.15) is 31.4 Å². The number of anilines is 1. The Kier molecular flexibility index (Phi) is 11.5. The van der Waals surface area contributed by atoms with Crippen molar-refractivity contribution in [2.45, 2.75) is 45.3 Å². The van der Waals surface area contributed by atoms with E-state index >= 15 is 0 Å². The highest BCUT2D eigenvalue weighted by atomic mass is 35.5. The summed E-state index contributed by atoms with van der Waals surface area (Å²) in [7, 11) is -2.43. The van der Waals surface area contributed by atoms with Gasteiger partial charge < -0.3 is 15.0 Å². The number of halogens is 2. The number of nitrogens with zero attached hydrogens (tertiary/aromatic N) is 2. The second kappa shape index (κ2) is 14.6. The van der Waals surface area contributed by atoms with Crippen molar-refractivity contribution >= 4 is 50.7 Å². The molecule has 0 saturated carbocycles. The van der Waals surface area contributed by atoms with Crippen LogP contribution in [-0.2, 0) is 32.6 Å². The first-order valence-electron chi connectivity index (χ1n) is 13.1. The molecule has 0 fully saturated rings. The van der Waals surface area contributed by atoms with Crippen LogP contribution >= 0.6 is 23.2 Å². The van der Waals surface area contributed by atoms with Crippen LogP contribution < -0.4 is 14.4 Å². The van der Waals surface area contributed by atoms with Crippen molar-refractivity contribution in [1.82, 2.24) is 10.2 Å². The zero-order chi connectivity index (χ0) is 30.2. The Balaban J connectivity index is 2.10. The van der Waals surface area contributed by atoms with E-state index in [4.69, 9.17) is 27.9 Å². The fraction of sp³-hybridized carbons (Fsp3) is 0.333. The van der Waals surface area contributed by atoms with Gasteiger partial charge in [-0.1, -0.05) is 78.7 Å². The summed E-state index contributed by atoms with van der Waals surface area (Å²) in [5.41, 5.74) is 1.62. The number of methoxy groups -OCH3 is 1. The zero-order valence-electron chi connectivity index (χ0n) is 23.5. The van der Waals surface area contributed by atoms with Gasteiger partial charge in [0.1, 0.15) is 18.3 Å². The molecule has 0 aliphatic heterocycles. The number of hydrogen-bond acceptors (Lipinski definition) is 5. The summed E-state index contributed by atoms with van der Waals surface area (Å²) in [4.78, 5) is 29.3. The van der Waals surface area contributed by atoms with Crippen molar-refractivity contribution in [3.05, 3.63) is 94.0 Å². The van der Waals surface area contributed by atoms with Crippen LogP contribution in [0.15, 0.2) is 72.8 Å². The maximum Gasteiger partial charge on any atom is 0.244 e. The first-order valence-corrected chi connectivity index (χ1v) is 15.7. The highest BCUT2D eigenvalue weighted by molar-refractivity contribution is 7.92. The molecule has 2 atom stereocenters. The Morgan fingerprint density at radius 3 is 2.27 bits per heavy atom. The summed E-state index contributed by atoms with van der Waals surface area (Å²) in [5, 5.41) is 3.15. The van der Waals surface area contributed by atoms with Crippen molar-refractivity contribution in [2.24, 2.45) is 0 Å². The molecule has 1 N–H and O–H groups in total. The van der Waals surface area contributed by atoms with E-state index in [1.54, 1.807) is 31.4 Å². The molecule has 11 heteroatoms. The van der Waals surface area contributed by atoms with E-state index in [1.807, 2.05) is 50.2 Å². The Morgan fingerprint density at radius 1 is 0.976 bits per heavy atom. The van der Waals surface area contributed by atoms with Gasteiger partial charge in [0, 0.05) is 19.0 Å². The lowest BCUT2D eigenvalue weighted by Crippen LogP contribution is -2.54. The summed E-state index contributed by atoms with van der Waals surface area (Å²) in [5.74, 6) is -0.345. The third kappa shape index (κ3) is 8.86. The standard InChI is InChI=1S/C30H35Cl2N3O5S/c1-5-21(2)33-30(37)27(18-22-11-7-6-8-12-22)34(19-23-13-9-14-24(17-23)40-3)28(36)20-35(41(4,38)39)26-16-10-15-25(31)29(26)32/h6-17,21,27H,5,18-20H2,1-4H3,(H,33,37).